The Kier molecular flexibility index (Phi) is 3.01. The average Bonchev–Trinajstić information content (AvgIpc) is 2.48. The Balaban J connectivity index is 2.53. The maximum atomic E-state index is 11.0. The average molecular weight is 195 g/mol. The molecule has 0 aliphatic rings. The molecule has 0 radical (unpaired) electrons. The lowest BCUT2D eigenvalue weighted by Gasteiger charge is -1.93. The minimum absolute atomic E-state index is 0.363. The highest BCUT2D eigenvalue weighted by molar-refractivity contribution is 6.01. The van der Waals surface area contributed by atoms with Crippen LogP contribution in [0.3, 0.4) is 0 Å². The highest BCUT2D eigenvalue weighted by Gasteiger charge is 2.01. The lowest BCUT2D eigenvalue weighted by molar-refractivity contribution is -0.131. The molecule has 6 nitrogen and oxygen atoms in total. The number of carboxylic acid groups (broad SMARTS) is 1. The molecule has 0 fully saturated rings. The molecule has 1 aromatic rings. The number of hydrogen-bond donors (Lipinski definition) is 3. The van der Waals surface area contributed by atoms with Crippen molar-refractivity contribution >= 4 is 17.7 Å². The first-order valence-corrected chi connectivity index (χ1v) is 3.82. The molecule has 0 saturated carbocycles. The van der Waals surface area contributed by atoms with E-state index in [1.807, 2.05) is 0 Å². The SMILES string of the molecule is Cc1cc(NC(=O)C=CC(=O)O)n[nH]1. The largest absolute Gasteiger partial charge is 0.478 e. The van der Waals surface area contributed by atoms with Gasteiger partial charge in [-0.25, -0.2) is 4.79 Å². The third kappa shape index (κ3) is 3.10. The van der Waals surface area contributed by atoms with Crippen LogP contribution in [0.1, 0.15) is 5.69 Å². The van der Waals surface area contributed by atoms with Gasteiger partial charge in [-0.05, 0) is 6.92 Å². The highest BCUT2D eigenvalue weighted by atomic mass is 16.4. The van der Waals surface area contributed by atoms with Gasteiger partial charge in [-0.15, -0.1) is 0 Å². The second-order valence-electron chi connectivity index (χ2n) is 2.60. The first-order valence-electron chi connectivity index (χ1n) is 3.82. The van der Waals surface area contributed by atoms with E-state index >= 15 is 0 Å². The molecule has 0 aliphatic heterocycles. The molecular weight excluding hydrogens is 186 g/mol. The van der Waals surface area contributed by atoms with Crippen molar-refractivity contribution in [2.24, 2.45) is 0 Å². The standard InChI is InChI=1S/C8H9N3O3/c1-5-4-6(11-10-5)9-7(12)2-3-8(13)14/h2-4H,1H3,(H,13,14)(H2,9,10,11,12). The molecule has 1 heterocycles. The number of H-pyrrole nitrogens is 1. The van der Waals surface area contributed by atoms with E-state index < -0.39 is 11.9 Å². The molecule has 0 saturated heterocycles. The van der Waals surface area contributed by atoms with Crippen molar-refractivity contribution in [3.8, 4) is 0 Å². The van der Waals surface area contributed by atoms with Crippen molar-refractivity contribution in [2.45, 2.75) is 6.92 Å². The van der Waals surface area contributed by atoms with Crippen molar-refractivity contribution in [3.05, 3.63) is 23.9 Å². The van der Waals surface area contributed by atoms with Gasteiger partial charge < -0.3 is 10.4 Å². The predicted octanol–water partition coefficient (Wildman–Crippen LogP) is 0.297. The molecule has 14 heavy (non-hydrogen) atoms. The van der Waals surface area contributed by atoms with E-state index in [-0.39, 0.29) is 0 Å². The second kappa shape index (κ2) is 4.22. The van der Waals surface area contributed by atoms with Gasteiger partial charge >= 0.3 is 5.97 Å². The quantitative estimate of drug-likeness (QED) is 0.604. The lowest BCUT2D eigenvalue weighted by atomic mass is 10.4. The summed E-state index contributed by atoms with van der Waals surface area (Å²) < 4.78 is 0. The maximum absolute atomic E-state index is 11.0. The molecule has 0 atom stereocenters. The number of rotatable bonds is 3. The number of aromatic nitrogens is 2. The van der Waals surface area contributed by atoms with Crippen LogP contribution in [0.4, 0.5) is 5.82 Å². The van der Waals surface area contributed by atoms with Gasteiger partial charge in [-0.1, -0.05) is 0 Å². The Morgan fingerprint density at radius 3 is 2.79 bits per heavy atom. The molecule has 0 unspecified atom stereocenters. The molecule has 0 spiro atoms. The normalized spacial score (nSPS) is 10.4. The van der Waals surface area contributed by atoms with Crippen LogP contribution in [-0.4, -0.2) is 27.2 Å². The molecule has 1 rings (SSSR count). The summed E-state index contributed by atoms with van der Waals surface area (Å²) in [6.45, 7) is 1.79. The van der Waals surface area contributed by atoms with Gasteiger partial charge in [0.05, 0.1) is 0 Å². The molecule has 1 amide bonds. The number of nitrogens with zero attached hydrogens (tertiary/aromatic N) is 1. The zero-order valence-electron chi connectivity index (χ0n) is 7.44. The number of aliphatic carboxylic acids is 1. The van der Waals surface area contributed by atoms with Crippen LogP contribution < -0.4 is 5.32 Å². The number of hydrogen-bond acceptors (Lipinski definition) is 3. The van der Waals surface area contributed by atoms with Gasteiger partial charge in [0, 0.05) is 23.9 Å². The summed E-state index contributed by atoms with van der Waals surface area (Å²) in [6.07, 6.45) is 1.68. The zero-order valence-corrected chi connectivity index (χ0v) is 7.44. The summed E-state index contributed by atoms with van der Waals surface area (Å²) >= 11 is 0. The number of aryl methyl sites for hydroxylation is 1. The molecule has 6 heteroatoms. The van der Waals surface area contributed by atoms with E-state index in [0.29, 0.717) is 5.82 Å². The lowest BCUT2D eigenvalue weighted by Crippen LogP contribution is -2.08. The van der Waals surface area contributed by atoms with E-state index in [1.165, 1.54) is 0 Å². The van der Waals surface area contributed by atoms with Crippen molar-refractivity contribution < 1.29 is 14.7 Å². The van der Waals surface area contributed by atoms with Gasteiger partial charge in [0.15, 0.2) is 5.82 Å². The second-order valence-corrected chi connectivity index (χ2v) is 2.60. The summed E-state index contributed by atoms with van der Waals surface area (Å²) in [7, 11) is 0. The Bertz CT molecular complexity index is 381. The van der Waals surface area contributed by atoms with E-state index in [0.717, 1.165) is 17.8 Å². The summed E-state index contributed by atoms with van der Waals surface area (Å²) in [6, 6.07) is 1.63. The van der Waals surface area contributed by atoms with E-state index in [2.05, 4.69) is 15.5 Å². The fraction of sp³-hybridized carbons (Fsp3) is 0.125. The molecule has 0 aromatic carbocycles. The van der Waals surface area contributed by atoms with Crippen LogP contribution in [0.5, 0.6) is 0 Å². The number of carbonyl (C=O) groups excluding carboxylic acids is 1. The number of nitrogens with one attached hydrogen (secondary N) is 2. The predicted molar refractivity (Wildman–Crippen MR) is 48.7 cm³/mol. The summed E-state index contributed by atoms with van der Waals surface area (Å²) in [5.41, 5.74) is 0.808. The smallest absolute Gasteiger partial charge is 0.328 e. The van der Waals surface area contributed by atoms with Crippen LogP contribution in [0.25, 0.3) is 0 Å². The highest BCUT2D eigenvalue weighted by Crippen LogP contribution is 2.03. The number of amides is 1. The van der Waals surface area contributed by atoms with Gasteiger partial charge in [0.1, 0.15) is 0 Å². The molecule has 0 bridgehead atoms. The fourth-order valence-corrected chi connectivity index (χ4v) is 0.797. The van der Waals surface area contributed by atoms with Gasteiger partial charge in [0.2, 0.25) is 5.91 Å². The Hall–Kier alpha value is -2.11. The van der Waals surface area contributed by atoms with E-state index in [9.17, 15) is 9.59 Å². The van der Waals surface area contributed by atoms with Crippen LogP contribution in [0.15, 0.2) is 18.2 Å². The molecule has 1 aromatic heterocycles. The minimum Gasteiger partial charge on any atom is -0.478 e. The molecule has 3 N–H and O–H groups in total. The first-order chi connectivity index (χ1) is 6.58. The molecule has 74 valence electrons. The Labute approximate surface area is 79.6 Å². The summed E-state index contributed by atoms with van der Waals surface area (Å²) in [5, 5.41) is 17.0. The van der Waals surface area contributed by atoms with Crippen LogP contribution >= 0.6 is 0 Å². The van der Waals surface area contributed by atoms with Crippen molar-refractivity contribution in [1.29, 1.82) is 0 Å². The van der Waals surface area contributed by atoms with Gasteiger partial charge in [-0.3, -0.25) is 9.89 Å². The third-order valence-corrected chi connectivity index (χ3v) is 1.33. The maximum Gasteiger partial charge on any atom is 0.328 e. The van der Waals surface area contributed by atoms with Crippen molar-refractivity contribution in [1.82, 2.24) is 10.2 Å². The van der Waals surface area contributed by atoms with Crippen molar-refractivity contribution in [2.75, 3.05) is 5.32 Å². The number of aromatic amines is 1. The van der Waals surface area contributed by atoms with Gasteiger partial charge in [-0.2, -0.15) is 5.10 Å². The third-order valence-electron chi connectivity index (χ3n) is 1.33. The number of carbonyl (C=O) groups is 2. The number of carboxylic acids is 1. The summed E-state index contributed by atoms with van der Waals surface area (Å²) in [5.74, 6) is -1.33. The fourth-order valence-electron chi connectivity index (χ4n) is 0.797. The van der Waals surface area contributed by atoms with E-state index in [4.69, 9.17) is 5.11 Å². The molecular formula is C8H9N3O3. The van der Waals surface area contributed by atoms with Crippen LogP contribution in [0, 0.1) is 6.92 Å². The van der Waals surface area contributed by atoms with Crippen LogP contribution in [-0.2, 0) is 9.59 Å². The zero-order chi connectivity index (χ0) is 10.6. The molecule has 0 aliphatic carbocycles. The minimum atomic E-state index is -1.17. The Morgan fingerprint density at radius 2 is 2.29 bits per heavy atom. The van der Waals surface area contributed by atoms with E-state index in [1.54, 1.807) is 13.0 Å². The monoisotopic (exact) mass is 195 g/mol. The van der Waals surface area contributed by atoms with Gasteiger partial charge in [0.25, 0.3) is 0 Å². The Morgan fingerprint density at radius 1 is 1.57 bits per heavy atom. The summed E-state index contributed by atoms with van der Waals surface area (Å²) in [4.78, 5) is 21.1. The number of anilines is 1. The first kappa shape index (κ1) is 9.97. The van der Waals surface area contributed by atoms with Crippen LogP contribution in [0.2, 0.25) is 0 Å². The topological polar surface area (TPSA) is 95.1 Å². The van der Waals surface area contributed by atoms with Crippen molar-refractivity contribution in [3.63, 3.8) is 0 Å².